The Morgan fingerprint density at radius 3 is 2.44 bits per heavy atom. The topological polar surface area (TPSA) is 3.88 Å². The van der Waals surface area contributed by atoms with Gasteiger partial charge in [0.25, 0.3) is 0 Å². The van der Waals surface area contributed by atoms with Crippen molar-refractivity contribution in [1.82, 2.24) is 0 Å². The molecule has 1 heteroatoms. The molecule has 134 valence electrons. The van der Waals surface area contributed by atoms with Gasteiger partial charge in [0.15, 0.2) is 0 Å². The largest absolute Gasteiger partial charge is 0.213 e. The molecule has 0 spiro atoms. The van der Waals surface area contributed by atoms with Gasteiger partial charge in [0, 0.05) is 17.5 Å². The minimum atomic E-state index is 0.735. The molecule has 1 aliphatic carbocycles. The van der Waals surface area contributed by atoms with E-state index in [0.29, 0.717) is 0 Å². The van der Waals surface area contributed by atoms with Crippen LogP contribution < -0.4 is 4.57 Å². The van der Waals surface area contributed by atoms with Gasteiger partial charge < -0.3 is 0 Å². The first kappa shape index (κ1) is 16.5. The SMILES string of the molecule is Cc1ccc2ccccc2c1-c1ccc2c(C3CCCC3)cccc2[n+]1C. The normalized spacial score (nSPS) is 15.0. The molecule has 5 rings (SSSR count). The number of aromatic nitrogens is 1. The van der Waals surface area contributed by atoms with Crippen molar-refractivity contribution in [2.75, 3.05) is 0 Å². The van der Waals surface area contributed by atoms with Gasteiger partial charge in [-0.15, -0.1) is 0 Å². The molecule has 0 saturated heterocycles. The number of fused-ring (bicyclic) bond motifs is 2. The van der Waals surface area contributed by atoms with Gasteiger partial charge in [-0.2, -0.15) is 4.57 Å². The second-order valence-electron chi connectivity index (χ2n) is 8.02. The number of benzene rings is 3. The van der Waals surface area contributed by atoms with E-state index in [4.69, 9.17) is 0 Å². The summed E-state index contributed by atoms with van der Waals surface area (Å²) in [4.78, 5) is 0. The van der Waals surface area contributed by atoms with Gasteiger partial charge in [-0.25, -0.2) is 0 Å². The lowest BCUT2D eigenvalue weighted by molar-refractivity contribution is -0.633. The summed E-state index contributed by atoms with van der Waals surface area (Å²) in [6.45, 7) is 2.22. The van der Waals surface area contributed by atoms with Crippen LogP contribution in [0.15, 0.2) is 66.7 Å². The Hall–Kier alpha value is -2.67. The van der Waals surface area contributed by atoms with Crippen LogP contribution in [0.3, 0.4) is 0 Å². The summed E-state index contributed by atoms with van der Waals surface area (Å²) in [5, 5.41) is 4.06. The highest BCUT2D eigenvalue weighted by atomic mass is 14.9. The predicted octanol–water partition coefficient (Wildman–Crippen LogP) is 6.45. The van der Waals surface area contributed by atoms with Crippen LogP contribution >= 0.6 is 0 Å². The molecule has 0 atom stereocenters. The zero-order valence-corrected chi connectivity index (χ0v) is 16.2. The molecular formula is C26H26N+. The Kier molecular flexibility index (Phi) is 3.97. The molecule has 27 heavy (non-hydrogen) atoms. The van der Waals surface area contributed by atoms with Crippen molar-refractivity contribution >= 4 is 21.7 Å². The summed E-state index contributed by atoms with van der Waals surface area (Å²) in [5.41, 5.74) is 6.85. The average molecular weight is 353 g/mol. The molecule has 1 nitrogen and oxygen atoms in total. The fourth-order valence-corrected chi connectivity index (χ4v) is 5.01. The van der Waals surface area contributed by atoms with Gasteiger partial charge >= 0.3 is 0 Å². The third-order valence-electron chi connectivity index (χ3n) is 6.44. The van der Waals surface area contributed by atoms with Crippen molar-refractivity contribution < 1.29 is 4.57 Å². The molecule has 1 aliphatic rings. The molecule has 0 radical (unpaired) electrons. The summed E-state index contributed by atoms with van der Waals surface area (Å²) >= 11 is 0. The van der Waals surface area contributed by atoms with Crippen molar-refractivity contribution in [3.63, 3.8) is 0 Å². The fraction of sp³-hybridized carbons (Fsp3) is 0.269. The molecule has 0 aliphatic heterocycles. The fourth-order valence-electron chi connectivity index (χ4n) is 5.01. The molecule has 0 amide bonds. The van der Waals surface area contributed by atoms with Gasteiger partial charge in [0.05, 0.1) is 5.56 Å². The Labute approximate surface area is 161 Å². The molecule has 1 heterocycles. The Morgan fingerprint density at radius 2 is 1.59 bits per heavy atom. The number of hydrogen-bond donors (Lipinski definition) is 0. The number of aryl methyl sites for hydroxylation is 2. The maximum absolute atomic E-state index is 2.39. The van der Waals surface area contributed by atoms with Crippen LogP contribution in [0.2, 0.25) is 0 Å². The predicted molar refractivity (Wildman–Crippen MR) is 114 cm³/mol. The summed E-state index contributed by atoms with van der Waals surface area (Å²) in [7, 11) is 2.22. The van der Waals surface area contributed by atoms with Crippen LogP contribution in [0, 0.1) is 6.92 Å². The van der Waals surface area contributed by atoms with Crippen molar-refractivity contribution in [3.8, 4) is 11.3 Å². The van der Waals surface area contributed by atoms with E-state index in [0.717, 1.165) is 5.92 Å². The van der Waals surface area contributed by atoms with Gasteiger partial charge in [0.1, 0.15) is 7.05 Å². The Bertz CT molecular complexity index is 1150. The maximum Gasteiger partial charge on any atom is 0.213 e. The lowest BCUT2D eigenvalue weighted by Crippen LogP contribution is -2.32. The van der Waals surface area contributed by atoms with Crippen molar-refractivity contribution in [3.05, 3.63) is 77.9 Å². The smallest absolute Gasteiger partial charge is 0.194 e. The highest BCUT2D eigenvalue weighted by Crippen LogP contribution is 2.38. The minimum absolute atomic E-state index is 0.735. The second-order valence-corrected chi connectivity index (χ2v) is 8.02. The number of pyridine rings is 1. The number of rotatable bonds is 2. The van der Waals surface area contributed by atoms with E-state index < -0.39 is 0 Å². The maximum atomic E-state index is 2.39. The lowest BCUT2D eigenvalue weighted by atomic mass is 9.92. The highest BCUT2D eigenvalue weighted by Gasteiger charge is 2.23. The zero-order chi connectivity index (χ0) is 18.4. The van der Waals surface area contributed by atoms with Gasteiger partial charge in [-0.1, -0.05) is 61.4 Å². The summed E-state index contributed by atoms with van der Waals surface area (Å²) in [6.07, 6.45) is 5.43. The first-order valence-electron chi connectivity index (χ1n) is 10.1. The van der Waals surface area contributed by atoms with Gasteiger partial charge in [0.2, 0.25) is 11.2 Å². The Balaban J connectivity index is 1.77. The minimum Gasteiger partial charge on any atom is -0.194 e. The van der Waals surface area contributed by atoms with E-state index >= 15 is 0 Å². The third-order valence-corrected chi connectivity index (χ3v) is 6.44. The number of hydrogen-bond acceptors (Lipinski definition) is 0. The van der Waals surface area contributed by atoms with Gasteiger partial charge in [-0.05, 0) is 53.6 Å². The van der Waals surface area contributed by atoms with Crippen LogP contribution in [0.1, 0.15) is 42.7 Å². The van der Waals surface area contributed by atoms with Crippen molar-refractivity contribution in [1.29, 1.82) is 0 Å². The van der Waals surface area contributed by atoms with E-state index in [1.54, 1.807) is 5.56 Å². The average Bonchev–Trinajstić information content (AvgIpc) is 3.23. The molecule has 4 aromatic rings. The van der Waals surface area contributed by atoms with Crippen LogP contribution in [0.25, 0.3) is 32.9 Å². The van der Waals surface area contributed by atoms with E-state index in [-0.39, 0.29) is 0 Å². The molecule has 1 fully saturated rings. The molecule has 1 aromatic heterocycles. The molecule has 1 saturated carbocycles. The first-order valence-corrected chi connectivity index (χ1v) is 10.1. The van der Waals surface area contributed by atoms with Crippen LogP contribution in [0.5, 0.6) is 0 Å². The summed E-state index contributed by atoms with van der Waals surface area (Å²) < 4.78 is 2.39. The standard InChI is InChI=1S/C26H26N/c1-18-14-15-20-10-5-6-11-22(20)26(18)25-17-16-23-21(19-8-3-4-9-19)12-7-13-24(23)27(25)2/h5-7,10-17,19H,3-4,8-9H2,1-2H3/q+1. The van der Waals surface area contributed by atoms with E-state index in [1.807, 2.05) is 0 Å². The molecule has 0 unspecified atom stereocenters. The van der Waals surface area contributed by atoms with E-state index in [1.165, 1.54) is 64.2 Å². The molecular weight excluding hydrogens is 326 g/mol. The summed E-state index contributed by atoms with van der Waals surface area (Å²) in [5.74, 6) is 0.735. The Morgan fingerprint density at radius 1 is 0.778 bits per heavy atom. The second kappa shape index (κ2) is 6.49. The lowest BCUT2D eigenvalue weighted by Gasteiger charge is -2.14. The van der Waals surface area contributed by atoms with Crippen molar-refractivity contribution in [2.45, 2.75) is 38.5 Å². The van der Waals surface area contributed by atoms with Crippen LogP contribution in [-0.4, -0.2) is 0 Å². The van der Waals surface area contributed by atoms with Gasteiger partial charge in [-0.3, -0.25) is 0 Å². The van der Waals surface area contributed by atoms with Crippen molar-refractivity contribution in [2.24, 2.45) is 7.05 Å². The molecule has 0 bridgehead atoms. The zero-order valence-electron chi connectivity index (χ0n) is 16.2. The quantitative estimate of drug-likeness (QED) is 0.365. The molecule has 0 N–H and O–H groups in total. The third kappa shape index (κ3) is 2.65. The highest BCUT2D eigenvalue weighted by molar-refractivity contribution is 5.97. The van der Waals surface area contributed by atoms with Crippen LogP contribution in [-0.2, 0) is 7.05 Å². The van der Waals surface area contributed by atoms with E-state index in [2.05, 4.69) is 85.3 Å². The molecule has 3 aromatic carbocycles. The first-order chi connectivity index (χ1) is 13.2. The van der Waals surface area contributed by atoms with Crippen LogP contribution in [0.4, 0.5) is 0 Å². The summed E-state index contributed by atoms with van der Waals surface area (Å²) in [6, 6.07) is 24.8. The van der Waals surface area contributed by atoms with E-state index in [9.17, 15) is 0 Å². The number of nitrogens with zero attached hydrogens (tertiary/aromatic N) is 1. The monoisotopic (exact) mass is 352 g/mol.